The Bertz CT molecular complexity index is 488. The monoisotopic (exact) mass is 405 g/mol. The largest absolute Gasteiger partial charge is 0.381 e. The molecule has 0 bridgehead atoms. The standard InChI is InChI=1S/C15H24IN3O2/c1-10(2)9-11-12(16)13(17-3)19-14(18-11)15(20-4)5-7-21-8-6-15/h10H,5-9H2,1-4H3,(H,17,18,19). The van der Waals surface area contributed by atoms with Crippen LogP contribution in [0.3, 0.4) is 0 Å². The van der Waals surface area contributed by atoms with Gasteiger partial charge in [-0.25, -0.2) is 9.97 Å². The van der Waals surface area contributed by atoms with E-state index in [-0.39, 0.29) is 0 Å². The molecule has 118 valence electrons. The quantitative estimate of drug-likeness (QED) is 0.764. The first-order valence-corrected chi connectivity index (χ1v) is 8.48. The number of methoxy groups -OCH3 is 1. The summed E-state index contributed by atoms with van der Waals surface area (Å²) in [6.45, 7) is 5.80. The average molecular weight is 405 g/mol. The van der Waals surface area contributed by atoms with Crippen molar-refractivity contribution in [3.63, 3.8) is 0 Å². The zero-order valence-corrected chi connectivity index (χ0v) is 15.4. The molecule has 2 rings (SSSR count). The minimum Gasteiger partial charge on any atom is -0.381 e. The molecular weight excluding hydrogens is 381 g/mol. The van der Waals surface area contributed by atoms with E-state index in [4.69, 9.17) is 19.4 Å². The Hall–Kier alpha value is -0.470. The Morgan fingerprint density at radius 3 is 2.52 bits per heavy atom. The van der Waals surface area contributed by atoms with Crippen LogP contribution < -0.4 is 5.32 Å². The van der Waals surface area contributed by atoms with Gasteiger partial charge in [-0.15, -0.1) is 0 Å². The summed E-state index contributed by atoms with van der Waals surface area (Å²) in [5.74, 6) is 2.23. The second-order valence-electron chi connectivity index (χ2n) is 5.82. The third-order valence-electron chi connectivity index (χ3n) is 3.86. The van der Waals surface area contributed by atoms with Crippen LogP contribution >= 0.6 is 22.6 Å². The molecule has 0 unspecified atom stereocenters. The number of hydrogen-bond donors (Lipinski definition) is 1. The molecule has 1 aromatic heterocycles. The van der Waals surface area contributed by atoms with Crippen molar-refractivity contribution >= 4 is 28.4 Å². The van der Waals surface area contributed by atoms with Crippen molar-refractivity contribution in [3.8, 4) is 0 Å². The van der Waals surface area contributed by atoms with Crippen molar-refractivity contribution in [2.24, 2.45) is 5.92 Å². The number of halogens is 1. The summed E-state index contributed by atoms with van der Waals surface area (Å²) in [6, 6.07) is 0. The van der Waals surface area contributed by atoms with Gasteiger partial charge in [-0.05, 0) is 34.9 Å². The van der Waals surface area contributed by atoms with Crippen molar-refractivity contribution < 1.29 is 9.47 Å². The van der Waals surface area contributed by atoms with E-state index in [1.165, 1.54) is 0 Å². The molecule has 1 fully saturated rings. The zero-order valence-electron chi connectivity index (χ0n) is 13.2. The maximum Gasteiger partial charge on any atom is 0.163 e. The fourth-order valence-corrected chi connectivity index (χ4v) is 3.34. The average Bonchev–Trinajstić information content (AvgIpc) is 2.49. The Balaban J connectivity index is 2.46. The summed E-state index contributed by atoms with van der Waals surface area (Å²) in [7, 11) is 3.64. The molecule has 21 heavy (non-hydrogen) atoms. The summed E-state index contributed by atoms with van der Waals surface area (Å²) >= 11 is 2.33. The normalized spacial score (nSPS) is 18.0. The molecule has 0 aliphatic carbocycles. The number of nitrogens with zero attached hydrogens (tertiary/aromatic N) is 2. The van der Waals surface area contributed by atoms with Crippen LogP contribution in [0.5, 0.6) is 0 Å². The first kappa shape index (κ1) is 16.9. The van der Waals surface area contributed by atoms with Crippen molar-refractivity contribution in [2.45, 2.75) is 38.7 Å². The van der Waals surface area contributed by atoms with Crippen molar-refractivity contribution in [2.75, 3.05) is 32.7 Å². The SMILES string of the molecule is CNc1nc(C2(OC)CCOCC2)nc(CC(C)C)c1I. The lowest BCUT2D eigenvalue weighted by molar-refractivity contribution is -0.100. The lowest BCUT2D eigenvalue weighted by atomic mass is 9.92. The molecule has 1 aromatic rings. The van der Waals surface area contributed by atoms with E-state index in [1.807, 2.05) is 7.05 Å². The van der Waals surface area contributed by atoms with Gasteiger partial charge in [0.25, 0.3) is 0 Å². The van der Waals surface area contributed by atoms with Gasteiger partial charge in [-0.3, -0.25) is 0 Å². The van der Waals surface area contributed by atoms with E-state index in [0.29, 0.717) is 19.1 Å². The van der Waals surface area contributed by atoms with E-state index in [2.05, 4.69) is 41.8 Å². The lowest BCUT2D eigenvalue weighted by Crippen LogP contribution is -2.38. The molecule has 0 spiro atoms. The van der Waals surface area contributed by atoms with E-state index < -0.39 is 5.60 Å². The van der Waals surface area contributed by atoms with Crippen molar-refractivity contribution in [1.82, 2.24) is 9.97 Å². The minimum absolute atomic E-state index is 0.417. The van der Waals surface area contributed by atoms with Crippen LogP contribution in [0.15, 0.2) is 0 Å². The van der Waals surface area contributed by atoms with E-state index in [0.717, 1.165) is 40.2 Å². The van der Waals surface area contributed by atoms with E-state index in [1.54, 1.807) is 7.11 Å². The molecule has 2 heterocycles. The van der Waals surface area contributed by atoms with Crippen LogP contribution in [0.2, 0.25) is 0 Å². The van der Waals surface area contributed by atoms with Crippen molar-refractivity contribution in [1.29, 1.82) is 0 Å². The summed E-state index contributed by atoms with van der Waals surface area (Å²) in [4.78, 5) is 9.56. The maximum absolute atomic E-state index is 5.83. The Morgan fingerprint density at radius 1 is 1.33 bits per heavy atom. The molecule has 5 nitrogen and oxygen atoms in total. The number of ether oxygens (including phenoxy) is 2. The molecule has 0 aromatic carbocycles. The fraction of sp³-hybridized carbons (Fsp3) is 0.733. The highest BCUT2D eigenvalue weighted by Gasteiger charge is 2.38. The topological polar surface area (TPSA) is 56.3 Å². The lowest BCUT2D eigenvalue weighted by Gasteiger charge is -2.35. The minimum atomic E-state index is -0.417. The van der Waals surface area contributed by atoms with Gasteiger partial charge in [0, 0.05) is 40.2 Å². The summed E-state index contributed by atoms with van der Waals surface area (Å²) in [5.41, 5.74) is 0.683. The highest BCUT2D eigenvalue weighted by Crippen LogP contribution is 2.35. The molecule has 0 amide bonds. The van der Waals surface area contributed by atoms with Crippen LogP contribution in [0.25, 0.3) is 0 Å². The molecule has 1 aliphatic rings. The van der Waals surface area contributed by atoms with Crippen LogP contribution in [0.4, 0.5) is 5.82 Å². The van der Waals surface area contributed by atoms with Gasteiger partial charge in [0.1, 0.15) is 11.4 Å². The predicted molar refractivity (Wildman–Crippen MR) is 91.6 cm³/mol. The molecule has 1 aliphatic heterocycles. The Labute approximate surface area is 140 Å². The van der Waals surface area contributed by atoms with Crippen molar-refractivity contribution in [3.05, 3.63) is 15.1 Å². The Morgan fingerprint density at radius 2 is 2.00 bits per heavy atom. The zero-order chi connectivity index (χ0) is 15.5. The first-order valence-electron chi connectivity index (χ1n) is 7.40. The number of aromatic nitrogens is 2. The maximum atomic E-state index is 5.83. The second kappa shape index (κ2) is 7.19. The Kier molecular flexibility index (Phi) is 5.79. The highest BCUT2D eigenvalue weighted by atomic mass is 127. The number of anilines is 1. The van der Waals surface area contributed by atoms with Gasteiger partial charge < -0.3 is 14.8 Å². The molecule has 1 saturated heterocycles. The molecule has 0 saturated carbocycles. The second-order valence-corrected chi connectivity index (χ2v) is 6.89. The third-order valence-corrected chi connectivity index (χ3v) is 4.99. The number of hydrogen-bond acceptors (Lipinski definition) is 5. The molecule has 1 N–H and O–H groups in total. The van der Waals surface area contributed by atoms with Gasteiger partial charge in [-0.2, -0.15) is 0 Å². The van der Waals surface area contributed by atoms with Gasteiger partial charge in [0.15, 0.2) is 5.82 Å². The fourth-order valence-electron chi connectivity index (χ4n) is 2.61. The first-order chi connectivity index (χ1) is 10.0. The van der Waals surface area contributed by atoms with Crippen LogP contribution in [0.1, 0.15) is 38.2 Å². The summed E-state index contributed by atoms with van der Waals surface area (Å²) < 4.78 is 12.4. The van der Waals surface area contributed by atoms with Gasteiger partial charge in [0.05, 0.1) is 9.26 Å². The van der Waals surface area contributed by atoms with E-state index in [9.17, 15) is 0 Å². The van der Waals surface area contributed by atoms with Crippen LogP contribution in [-0.2, 0) is 21.5 Å². The highest BCUT2D eigenvalue weighted by molar-refractivity contribution is 14.1. The van der Waals surface area contributed by atoms with Gasteiger partial charge in [-0.1, -0.05) is 13.8 Å². The summed E-state index contributed by atoms with van der Waals surface area (Å²) in [5, 5.41) is 3.18. The number of rotatable bonds is 5. The molecular formula is C15H24IN3O2. The van der Waals surface area contributed by atoms with E-state index >= 15 is 0 Å². The smallest absolute Gasteiger partial charge is 0.163 e. The van der Waals surface area contributed by atoms with Crippen LogP contribution in [-0.4, -0.2) is 37.3 Å². The predicted octanol–water partition coefficient (Wildman–Crippen LogP) is 2.97. The summed E-state index contributed by atoms with van der Waals surface area (Å²) in [6.07, 6.45) is 2.54. The molecule has 6 heteroatoms. The van der Waals surface area contributed by atoms with Gasteiger partial charge in [0.2, 0.25) is 0 Å². The molecule has 0 radical (unpaired) electrons. The third kappa shape index (κ3) is 3.65. The molecule has 0 atom stereocenters. The number of nitrogens with one attached hydrogen (secondary N) is 1. The van der Waals surface area contributed by atoms with Gasteiger partial charge >= 0.3 is 0 Å². The van der Waals surface area contributed by atoms with Crippen LogP contribution in [0, 0.1) is 9.49 Å².